The quantitative estimate of drug-likeness (QED) is 0.844. The van der Waals surface area contributed by atoms with Crippen LogP contribution in [0.5, 0.6) is 5.75 Å². The van der Waals surface area contributed by atoms with Crippen molar-refractivity contribution in [1.82, 2.24) is 9.80 Å². The van der Waals surface area contributed by atoms with Gasteiger partial charge in [0.2, 0.25) is 0 Å². The third-order valence-electron chi connectivity index (χ3n) is 3.85. The zero-order chi connectivity index (χ0) is 14.5. The fourth-order valence-electron chi connectivity index (χ4n) is 2.85. The maximum Gasteiger partial charge on any atom is 0.127 e. The molecule has 0 spiro atoms. The molecule has 20 heavy (non-hydrogen) atoms. The van der Waals surface area contributed by atoms with E-state index in [0.29, 0.717) is 12.6 Å². The van der Waals surface area contributed by atoms with Crippen LogP contribution in [0.1, 0.15) is 25.5 Å². The highest BCUT2D eigenvalue weighted by Crippen LogP contribution is 2.31. The van der Waals surface area contributed by atoms with Crippen molar-refractivity contribution in [3.05, 3.63) is 29.8 Å². The van der Waals surface area contributed by atoms with Gasteiger partial charge in [-0.25, -0.2) is 0 Å². The second-order valence-corrected chi connectivity index (χ2v) is 5.35. The van der Waals surface area contributed by atoms with Gasteiger partial charge in [0.05, 0.1) is 12.7 Å². The number of benzene rings is 1. The highest BCUT2D eigenvalue weighted by molar-refractivity contribution is 5.39. The van der Waals surface area contributed by atoms with Crippen molar-refractivity contribution in [2.75, 3.05) is 33.3 Å². The normalized spacial score (nSPS) is 22.2. The van der Waals surface area contributed by atoms with Gasteiger partial charge in [0, 0.05) is 31.2 Å². The molecule has 1 aromatic rings. The minimum Gasteiger partial charge on any atom is -0.493 e. The summed E-state index contributed by atoms with van der Waals surface area (Å²) >= 11 is 0. The zero-order valence-electron chi connectivity index (χ0n) is 12.5. The lowest BCUT2D eigenvalue weighted by Gasteiger charge is -2.40. The summed E-state index contributed by atoms with van der Waals surface area (Å²) in [6.45, 7) is 7.68. The first-order chi connectivity index (χ1) is 9.67. The minimum absolute atomic E-state index is 0.235. The second kappa shape index (κ2) is 6.74. The van der Waals surface area contributed by atoms with Gasteiger partial charge in [-0.1, -0.05) is 18.2 Å². The van der Waals surface area contributed by atoms with Crippen LogP contribution in [0.3, 0.4) is 0 Å². The lowest BCUT2D eigenvalue weighted by Crippen LogP contribution is -2.51. The number of hydrogen-bond acceptors (Lipinski definition) is 4. The summed E-state index contributed by atoms with van der Waals surface area (Å²) in [5, 5.41) is 9.65. The van der Waals surface area contributed by atoms with Crippen LogP contribution in [0, 0.1) is 11.3 Å². The van der Waals surface area contributed by atoms with E-state index in [1.807, 2.05) is 31.2 Å². The molecular formula is C16H23N3O. The van der Waals surface area contributed by atoms with E-state index in [9.17, 15) is 5.26 Å². The van der Waals surface area contributed by atoms with Gasteiger partial charge in [0.1, 0.15) is 11.8 Å². The Morgan fingerprint density at radius 2 is 2.15 bits per heavy atom. The molecule has 4 heteroatoms. The summed E-state index contributed by atoms with van der Waals surface area (Å²) in [5.41, 5.74) is 0.980. The number of piperazine rings is 1. The maximum absolute atomic E-state index is 9.65. The third kappa shape index (κ3) is 3.12. The molecule has 0 amide bonds. The van der Waals surface area contributed by atoms with Gasteiger partial charge in [-0.2, -0.15) is 5.26 Å². The molecule has 2 unspecified atom stereocenters. The van der Waals surface area contributed by atoms with Crippen molar-refractivity contribution in [2.24, 2.45) is 0 Å². The molecule has 0 bridgehead atoms. The van der Waals surface area contributed by atoms with Crippen molar-refractivity contribution in [3.63, 3.8) is 0 Å². The SMILES string of the molecule is CCOc1ccccc1C(C#N)N1CCN(C)CC1C. The molecule has 1 aliphatic heterocycles. The molecule has 2 rings (SSSR count). The molecule has 1 heterocycles. The van der Waals surface area contributed by atoms with E-state index < -0.39 is 0 Å². The lowest BCUT2D eigenvalue weighted by atomic mass is 10.0. The van der Waals surface area contributed by atoms with Gasteiger partial charge in [0.25, 0.3) is 0 Å². The van der Waals surface area contributed by atoms with Crippen LogP contribution in [-0.4, -0.2) is 49.1 Å². The largest absolute Gasteiger partial charge is 0.493 e. The van der Waals surface area contributed by atoms with Gasteiger partial charge < -0.3 is 9.64 Å². The van der Waals surface area contributed by atoms with Crippen LogP contribution in [0.2, 0.25) is 0 Å². The molecule has 1 fully saturated rings. The van der Waals surface area contributed by atoms with Crippen molar-refractivity contribution in [2.45, 2.75) is 25.9 Å². The van der Waals surface area contributed by atoms with Crippen LogP contribution in [0.4, 0.5) is 0 Å². The summed E-state index contributed by atoms with van der Waals surface area (Å²) in [4.78, 5) is 4.59. The Kier molecular flexibility index (Phi) is 4.99. The smallest absolute Gasteiger partial charge is 0.127 e. The Hall–Kier alpha value is -1.57. The molecule has 1 aliphatic rings. The Morgan fingerprint density at radius 1 is 1.40 bits per heavy atom. The van der Waals surface area contributed by atoms with E-state index in [0.717, 1.165) is 30.9 Å². The Bertz CT molecular complexity index is 483. The molecule has 108 valence electrons. The van der Waals surface area contributed by atoms with Crippen LogP contribution < -0.4 is 4.74 Å². The Balaban J connectivity index is 2.26. The van der Waals surface area contributed by atoms with E-state index >= 15 is 0 Å². The fraction of sp³-hybridized carbons (Fsp3) is 0.562. The van der Waals surface area contributed by atoms with Crippen molar-refractivity contribution < 1.29 is 4.74 Å². The number of rotatable bonds is 4. The summed E-state index contributed by atoms with van der Waals surface area (Å²) in [7, 11) is 2.13. The van der Waals surface area contributed by atoms with Crippen molar-refractivity contribution >= 4 is 0 Å². The van der Waals surface area contributed by atoms with E-state index in [1.165, 1.54) is 0 Å². The maximum atomic E-state index is 9.65. The molecule has 2 atom stereocenters. The number of nitrogens with zero attached hydrogens (tertiary/aromatic N) is 3. The van der Waals surface area contributed by atoms with Crippen LogP contribution in [0.25, 0.3) is 0 Å². The van der Waals surface area contributed by atoms with Gasteiger partial charge >= 0.3 is 0 Å². The number of hydrogen-bond donors (Lipinski definition) is 0. The van der Waals surface area contributed by atoms with E-state index in [1.54, 1.807) is 0 Å². The summed E-state index contributed by atoms with van der Waals surface area (Å²) in [6.07, 6.45) is 0. The van der Waals surface area contributed by atoms with Gasteiger partial charge in [-0.05, 0) is 27.0 Å². The van der Waals surface area contributed by atoms with E-state index in [4.69, 9.17) is 4.74 Å². The van der Waals surface area contributed by atoms with Crippen molar-refractivity contribution in [1.29, 1.82) is 5.26 Å². The molecule has 0 radical (unpaired) electrons. The molecular weight excluding hydrogens is 250 g/mol. The molecule has 0 aromatic heterocycles. The fourth-order valence-corrected chi connectivity index (χ4v) is 2.85. The average molecular weight is 273 g/mol. The van der Waals surface area contributed by atoms with Gasteiger partial charge in [0.15, 0.2) is 0 Å². The topological polar surface area (TPSA) is 39.5 Å². The summed E-state index contributed by atoms with van der Waals surface area (Å²) in [5.74, 6) is 0.827. The first-order valence-corrected chi connectivity index (χ1v) is 7.23. The van der Waals surface area contributed by atoms with Crippen LogP contribution in [0.15, 0.2) is 24.3 Å². The van der Waals surface area contributed by atoms with Crippen LogP contribution >= 0.6 is 0 Å². The van der Waals surface area contributed by atoms with Crippen molar-refractivity contribution in [3.8, 4) is 11.8 Å². The predicted molar refractivity (Wildman–Crippen MR) is 79.6 cm³/mol. The van der Waals surface area contributed by atoms with Gasteiger partial charge in [-0.15, -0.1) is 0 Å². The molecule has 0 aliphatic carbocycles. The molecule has 4 nitrogen and oxygen atoms in total. The van der Waals surface area contributed by atoms with Gasteiger partial charge in [-0.3, -0.25) is 4.90 Å². The summed E-state index contributed by atoms with van der Waals surface area (Å²) in [6, 6.07) is 10.5. The lowest BCUT2D eigenvalue weighted by molar-refractivity contribution is 0.0786. The molecule has 1 saturated heterocycles. The standard InChI is InChI=1S/C16H23N3O/c1-4-20-16-8-6-5-7-14(16)15(11-17)19-10-9-18(3)12-13(19)2/h5-8,13,15H,4,9-10,12H2,1-3H3. The monoisotopic (exact) mass is 273 g/mol. The Morgan fingerprint density at radius 3 is 2.80 bits per heavy atom. The highest BCUT2D eigenvalue weighted by atomic mass is 16.5. The first-order valence-electron chi connectivity index (χ1n) is 7.23. The molecule has 0 saturated carbocycles. The number of para-hydroxylation sites is 1. The van der Waals surface area contributed by atoms with E-state index in [-0.39, 0.29) is 6.04 Å². The zero-order valence-corrected chi connectivity index (χ0v) is 12.5. The number of likely N-dealkylation sites (N-methyl/N-ethyl adjacent to an activating group) is 1. The first kappa shape index (κ1) is 14.8. The number of ether oxygens (including phenoxy) is 1. The Labute approximate surface area is 121 Å². The average Bonchev–Trinajstić information content (AvgIpc) is 2.44. The van der Waals surface area contributed by atoms with E-state index in [2.05, 4.69) is 29.8 Å². The molecule has 1 aromatic carbocycles. The third-order valence-corrected chi connectivity index (χ3v) is 3.85. The summed E-state index contributed by atoms with van der Waals surface area (Å²) < 4.78 is 5.68. The van der Waals surface area contributed by atoms with Crippen LogP contribution in [-0.2, 0) is 0 Å². The predicted octanol–water partition coefficient (Wildman–Crippen LogP) is 2.29. The number of nitriles is 1. The second-order valence-electron chi connectivity index (χ2n) is 5.35. The highest BCUT2D eigenvalue weighted by Gasteiger charge is 2.30. The minimum atomic E-state index is -0.235. The molecule has 0 N–H and O–H groups in total.